The van der Waals surface area contributed by atoms with Crippen LogP contribution >= 0.6 is 0 Å². The number of hydrogen-bond donors (Lipinski definition) is 5. The Balaban J connectivity index is 4.20. The number of carbonyl (C=O) groups is 2. The molecule has 0 aliphatic carbocycles. The standard InChI is InChI=1S/C9H18N5O3Se/c10-5(4-18)7(15)14-6(8(16)17)2-1-3-13-9(11)12/h5-6H,1-4,10H2,(H,14,15)(H,16,17)(H4,11,12,13)/t5-,6-/m0/s1. The Labute approximate surface area is 113 Å². The van der Waals surface area contributed by atoms with E-state index < -0.39 is 24.0 Å². The van der Waals surface area contributed by atoms with Crippen LogP contribution < -0.4 is 22.5 Å². The number of aliphatic carboxylic acids is 1. The van der Waals surface area contributed by atoms with E-state index in [-0.39, 0.29) is 12.4 Å². The number of hydrogen-bond acceptors (Lipinski definition) is 4. The molecule has 1 radical (unpaired) electrons. The van der Waals surface area contributed by atoms with Crippen LogP contribution in [0.5, 0.6) is 0 Å². The Morgan fingerprint density at radius 1 is 1.39 bits per heavy atom. The van der Waals surface area contributed by atoms with E-state index in [2.05, 4.69) is 26.3 Å². The van der Waals surface area contributed by atoms with E-state index in [1.54, 1.807) is 0 Å². The van der Waals surface area contributed by atoms with Crippen molar-refractivity contribution in [3.8, 4) is 0 Å². The molecule has 0 saturated carbocycles. The number of amides is 1. The van der Waals surface area contributed by atoms with Gasteiger partial charge in [-0.25, -0.2) is 0 Å². The van der Waals surface area contributed by atoms with Gasteiger partial charge >= 0.3 is 113 Å². The average molecular weight is 323 g/mol. The van der Waals surface area contributed by atoms with Gasteiger partial charge in [-0.1, -0.05) is 0 Å². The number of aliphatic imine (C=N–C) groups is 1. The molecule has 18 heavy (non-hydrogen) atoms. The summed E-state index contributed by atoms with van der Waals surface area (Å²) >= 11 is 2.61. The van der Waals surface area contributed by atoms with Crippen LogP contribution in [0.3, 0.4) is 0 Å². The van der Waals surface area contributed by atoms with E-state index in [4.69, 9.17) is 22.3 Å². The van der Waals surface area contributed by atoms with Gasteiger partial charge in [-0.05, 0) is 0 Å². The molecule has 1 amide bonds. The summed E-state index contributed by atoms with van der Waals surface area (Å²) in [7, 11) is 0. The van der Waals surface area contributed by atoms with Crippen LogP contribution in [0.2, 0.25) is 5.32 Å². The van der Waals surface area contributed by atoms with Gasteiger partial charge in [0.1, 0.15) is 0 Å². The first-order chi connectivity index (χ1) is 8.38. The normalized spacial score (nSPS) is 13.4. The first-order valence-electron chi connectivity index (χ1n) is 5.30. The summed E-state index contributed by atoms with van der Waals surface area (Å²) < 4.78 is 0. The molecule has 0 rings (SSSR count). The van der Waals surface area contributed by atoms with Crippen molar-refractivity contribution < 1.29 is 14.7 Å². The summed E-state index contributed by atoms with van der Waals surface area (Å²) in [6.45, 7) is 0.315. The Morgan fingerprint density at radius 3 is 2.44 bits per heavy atom. The predicted molar refractivity (Wildman–Crippen MR) is 68.0 cm³/mol. The monoisotopic (exact) mass is 324 g/mol. The minimum absolute atomic E-state index is 0.0468. The number of carbonyl (C=O) groups excluding carboxylic acids is 1. The fourth-order valence-corrected chi connectivity index (χ4v) is 1.43. The number of rotatable bonds is 8. The van der Waals surface area contributed by atoms with Crippen molar-refractivity contribution in [2.75, 3.05) is 6.54 Å². The second-order valence-electron chi connectivity index (χ2n) is 3.62. The summed E-state index contributed by atoms with van der Waals surface area (Å²) in [6.07, 6.45) is 0.681. The number of guanidine groups is 1. The van der Waals surface area contributed by atoms with E-state index >= 15 is 0 Å². The predicted octanol–water partition coefficient (Wildman–Crippen LogP) is -2.48. The molecular formula is C9H18N5O3Se. The van der Waals surface area contributed by atoms with Crippen molar-refractivity contribution in [2.45, 2.75) is 30.2 Å². The molecule has 0 aromatic heterocycles. The van der Waals surface area contributed by atoms with E-state index in [0.717, 1.165) is 0 Å². The van der Waals surface area contributed by atoms with E-state index in [9.17, 15) is 9.59 Å². The molecule has 0 unspecified atom stereocenters. The van der Waals surface area contributed by atoms with Gasteiger partial charge in [-0.2, -0.15) is 0 Å². The van der Waals surface area contributed by atoms with Crippen molar-refractivity contribution >= 4 is 33.8 Å². The Bertz CT molecular complexity index is 319. The molecule has 0 saturated heterocycles. The van der Waals surface area contributed by atoms with Crippen LogP contribution in [0.15, 0.2) is 4.99 Å². The summed E-state index contributed by atoms with van der Waals surface area (Å²) in [5.74, 6) is -1.65. The van der Waals surface area contributed by atoms with Crippen molar-refractivity contribution in [3.05, 3.63) is 0 Å². The molecule has 9 heteroatoms. The molecule has 0 spiro atoms. The van der Waals surface area contributed by atoms with Gasteiger partial charge in [0.25, 0.3) is 0 Å². The number of nitrogens with two attached hydrogens (primary N) is 3. The first-order valence-corrected chi connectivity index (χ1v) is 6.51. The maximum atomic E-state index is 11.4. The second kappa shape index (κ2) is 8.73. The molecule has 0 aromatic rings. The van der Waals surface area contributed by atoms with Crippen molar-refractivity contribution in [1.82, 2.24) is 5.32 Å². The topological polar surface area (TPSA) is 157 Å². The minimum atomic E-state index is -1.11. The molecule has 0 aliphatic rings. The first kappa shape index (κ1) is 16.7. The van der Waals surface area contributed by atoms with Crippen LogP contribution in [0, 0.1) is 0 Å². The SMILES string of the molecule is NC(N)=NCCC[C@H](NC(=O)[C@@H](N)C[Se])C(=O)O. The molecule has 0 heterocycles. The summed E-state index contributed by atoms with van der Waals surface area (Å²) in [5.41, 5.74) is 15.7. The number of nitrogens with zero attached hydrogens (tertiary/aromatic N) is 1. The zero-order valence-electron chi connectivity index (χ0n) is 9.83. The van der Waals surface area contributed by atoms with Gasteiger partial charge in [0.15, 0.2) is 0 Å². The average Bonchev–Trinajstić information content (AvgIpc) is 2.30. The Morgan fingerprint density at radius 2 is 2.00 bits per heavy atom. The second-order valence-corrected chi connectivity index (χ2v) is 4.32. The third-order valence-corrected chi connectivity index (χ3v) is 2.83. The molecule has 0 aromatic carbocycles. The van der Waals surface area contributed by atoms with E-state index in [1.807, 2.05) is 0 Å². The molecule has 2 atom stereocenters. The quantitative estimate of drug-likeness (QED) is 0.144. The van der Waals surface area contributed by atoms with Gasteiger partial charge in [-0.15, -0.1) is 0 Å². The van der Waals surface area contributed by atoms with Gasteiger partial charge in [0, 0.05) is 0 Å². The van der Waals surface area contributed by atoms with Gasteiger partial charge in [0.2, 0.25) is 0 Å². The van der Waals surface area contributed by atoms with Crippen molar-refractivity contribution in [1.29, 1.82) is 0 Å². The maximum absolute atomic E-state index is 11.4. The molecule has 103 valence electrons. The fourth-order valence-electron chi connectivity index (χ4n) is 1.12. The van der Waals surface area contributed by atoms with Crippen molar-refractivity contribution in [3.63, 3.8) is 0 Å². The summed E-state index contributed by atoms with van der Waals surface area (Å²) in [6, 6.07) is -1.73. The summed E-state index contributed by atoms with van der Waals surface area (Å²) in [4.78, 5) is 26.1. The molecule has 8 N–H and O–H groups in total. The Hall–Kier alpha value is -1.31. The van der Waals surface area contributed by atoms with Crippen LogP contribution in [0.1, 0.15) is 12.8 Å². The van der Waals surface area contributed by atoms with E-state index in [0.29, 0.717) is 18.3 Å². The molecule has 0 aliphatic heterocycles. The van der Waals surface area contributed by atoms with Gasteiger partial charge in [0.05, 0.1) is 0 Å². The number of carboxylic acid groups (broad SMARTS) is 1. The van der Waals surface area contributed by atoms with Crippen LogP contribution in [0.25, 0.3) is 0 Å². The van der Waals surface area contributed by atoms with Crippen molar-refractivity contribution in [2.24, 2.45) is 22.2 Å². The van der Waals surface area contributed by atoms with E-state index in [1.165, 1.54) is 0 Å². The van der Waals surface area contributed by atoms with Gasteiger partial charge in [-0.3, -0.25) is 0 Å². The Kier molecular flexibility index (Phi) is 8.10. The third kappa shape index (κ3) is 7.10. The molecule has 0 fully saturated rings. The fraction of sp³-hybridized carbons (Fsp3) is 0.667. The van der Waals surface area contributed by atoms with Crippen LogP contribution in [-0.4, -0.2) is 57.6 Å². The van der Waals surface area contributed by atoms with Crippen LogP contribution in [-0.2, 0) is 9.59 Å². The molecular weight excluding hydrogens is 305 g/mol. The summed E-state index contributed by atoms with van der Waals surface area (Å²) in [5, 5.41) is 11.6. The zero-order chi connectivity index (χ0) is 14.1. The number of carboxylic acids is 1. The molecule has 8 nitrogen and oxygen atoms in total. The van der Waals surface area contributed by atoms with Gasteiger partial charge < -0.3 is 0 Å². The zero-order valence-corrected chi connectivity index (χ0v) is 11.5. The molecule has 0 bridgehead atoms. The van der Waals surface area contributed by atoms with Crippen LogP contribution in [0.4, 0.5) is 0 Å². The number of nitrogens with one attached hydrogen (secondary N) is 1. The third-order valence-electron chi connectivity index (χ3n) is 2.08.